The number of thioether (sulfide) groups is 1. The molecule has 10 heteroatoms. The minimum absolute atomic E-state index is 0.164. The van der Waals surface area contributed by atoms with Gasteiger partial charge >= 0.3 is 5.97 Å². The van der Waals surface area contributed by atoms with Crippen molar-refractivity contribution in [1.82, 2.24) is 14.8 Å². The van der Waals surface area contributed by atoms with Gasteiger partial charge < -0.3 is 14.6 Å². The lowest BCUT2D eigenvalue weighted by Gasteiger charge is -2.08. The Morgan fingerprint density at radius 3 is 2.62 bits per heavy atom. The second kappa shape index (κ2) is 10.6. The molecule has 0 aromatic carbocycles. The van der Waals surface area contributed by atoms with Gasteiger partial charge in [-0.3, -0.25) is 4.79 Å². The first-order chi connectivity index (χ1) is 15.3. The number of ether oxygens (including phenoxy) is 1. The zero-order chi connectivity index (χ0) is 23.4. The number of nitrogens with one attached hydrogen (secondary N) is 1. The Labute approximate surface area is 200 Å². The molecule has 3 aromatic rings. The normalized spacial score (nSPS) is 11.2. The van der Waals surface area contributed by atoms with E-state index in [0.717, 1.165) is 21.8 Å². The number of nitrogens with zero attached hydrogens (tertiary/aromatic N) is 3. The van der Waals surface area contributed by atoms with Crippen LogP contribution in [0.25, 0.3) is 11.4 Å². The van der Waals surface area contributed by atoms with Crippen molar-refractivity contribution in [3.05, 3.63) is 32.3 Å². The lowest BCUT2D eigenvalue weighted by atomic mass is 10.1. The highest BCUT2D eigenvalue weighted by Gasteiger charge is 2.23. The van der Waals surface area contributed by atoms with Crippen molar-refractivity contribution in [1.29, 1.82) is 0 Å². The Morgan fingerprint density at radius 1 is 1.25 bits per heavy atom. The number of anilines is 1. The first-order valence-electron chi connectivity index (χ1n) is 10.5. The topological polar surface area (TPSA) is 86.1 Å². The Bertz CT molecular complexity index is 1110. The van der Waals surface area contributed by atoms with E-state index < -0.39 is 5.97 Å². The molecule has 172 valence electrons. The van der Waals surface area contributed by atoms with Crippen LogP contribution in [0.15, 0.2) is 16.6 Å². The van der Waals surface area contributed by atoms with Crippen molar-refractivity contribution in [2.75, 3.05) is 17.7 Å². The van der Waals surface area contributed by atoms with Gasteiger partial charge in [-0.05, 0) is 45.2 Å². The summed E-state index contributed by atoms with van der Waals surface area (Å²) in [7, 11) is 0. The molecule has 3 aromatic heterocycles. The highest BCUT2D eigenvalue weighted by Crippen LogP contribution is 2.34. The van der Waals surface area contributed by atoms with E-state index in [4.69, 9.17) is 4.74 Å². The van der Waals surface area contributed by atoms with Crippen LogP contribution in [-0.4, -0.2) is 39.0 Å². The lowest BCUT2D eigenvalue weighted by Crippen LogP contribution is -2.17. The molecule has 3 rings (SSSR count). The Hall–Kier alpha value is -2.17. The lowest BCUT2D eigenvalue weighted by molar-refractivity contribution is -0.113. The van der Waals surface area contributed by atoms with Gasteiger partial charge in [-0.2, -0.15) is 0 Å². The van der Waals surface area contributed by atoms with E-state index in [1.54, 1.807) is 18.3 Å². The standard InChI is InChI=1S/C22H28N4O3S3/c1-7-26-19(15-9-16(12(3)4)30-10-15)24-25-22(26)31-11-17(27)23-20-18(21(28)29-8-2)13(5)14(6)32-20/h9-10,12H,7-8,11H2,1-6H3,(H,23,27). The van der Waals surface area contributed by atoms with Crippen molar-refractivity contribution in [2.24, 2.45) is 0 Å². The summed E-state index contributed by atoms with van der Waals surface area (Å²) >= 11 is 4.44. The van der Waals surface area contributed by atoms with Crippen LogP contribution in [0.4, 0.5) is 5.00 Å². The van der Waals surface area contributed by atoms with Gasteiger partial charge in [0.25, 0.3) is 0 Å². The molecule has 0 saturated heterocycles. The number of amides is 1. The van der Waals surface area contributed by atoms with Gasteiger partial charge in [-0.15, -0.1) is 32.9 Å². The van der Waals surface area contributed by atoms with Crippen LogP contribution in [0.5, 0.6) is 0 Å². The minimum atomic E-state index is -0.413. The Kier molecular flexibility index (Phi) is 8.13. The van der Waals surface area contributed by atoms with Gasteiger partial charge in [0.2, 0.25) is 5.91 Å². The smallest absolute Gasteiger partial charge is 0.341 e. The summed E-state index contributed by atoms with van der Waals surface area (Å²) in [5.74, 6) is 0.828. The van der Waals surface area contributed by atoms with Gasteiger partial charge in [-0.1, -0.05) is 25.6 Å². The van der Waals surface area contributed by atoms with Crippen molar-refractivity contribution >= 4 is 51.3 Å². The molecule has 0 aliphatic heterocycles. The number of aromatic nitrogens is 3. The zero-order valence-corrected chi connectivity index (χ0v) is 21.6. The third kappa shape index (κ3) is 5.24. The molecular weight excluding hydrogens is 464 g/mol. The fourth-order valence-corrected chi connectivity index (χ4v) is 5.89. The molecule has 7 nitrogen and oxygen atoms in total. The van der Waals surface area contributed by atoms with Crippen molar-refractivity contribution in [3.8, 4) is 11.4 Å². The summed E-state index contributed by atoms with van der Waals surface area (Å²) < 4.78 is 7.18. The number of hydrogen-bond acceptors (Lipinski definition) is 8. The maximum atomic E-state index is 12.7. The van der Waals surface area contributed by atoms with Crippen molar-refractivity contribution in [3.63, 3.8) is 0 Å². The number of carbonyl (C=O) groups excluding carboxylic acids is 2. The van der Waals surface area contributed by atoms with Crippen LogP contribution in [0.3, 0.4) is 0 Å². The molecule has 0 aliphatic rings. The first-order valence-corrected chi connectivity index (χ1v) is 13.2. The van der Waals surface area contributed by atoms with E-state index in [9.17, 15) is 9.59 Å². The van der Waals surface area contributed by atoms with Crippen LogP contribution < -0.4 is 5.32 Å². The summed E-state index contributed by atoms with van der Waals surface area (Å²) in [6.07, 6.45) is 0. The quantitative estimate of drug-likeness (QED) is 0.303. The molecule has 0 spiro atoms. The molecular formula is C22H28N4O3S3. The second-order valence-corrected chi connectivity index (χ2v) is 10.6. The second-order valence-electron chi connectivity index (χ2n) is 7.49. The fraction of sp³-hybridized carbons (Fsp3) is 0.455. The van der Waals surface area contributed by atoms with E-state index in [1.165, 1.54) is 28.0 Å². The van der Waals surface area contributed by atoms with Crippen LogP contribution >= 0.6 is 34.4 Å². The monoisotopic (exact) mass is 492 g/mol. The molecule has 0 unspecified atom stereocenters. The van der Waals surface area contributed by atoms with E-state index in [1.807, 2.05) is 25.3 Å². The Morgan fingerprint density at radius 2 is 2.00 bits per heavy atom. The summed E-state index contributed by atoms with van der Waals surface area (Å²) in [4.78, 5) is 27.3. The molecule has 0 atom stereocenters. The number of hydrogen-bond donors (Lipinski definition) is 1. The molecule has 0 radical (unpaired) electrons. The van der Waals surface area contributed by atoms with Crippen LogP contribution in [0.2, 0.25) is 0 Å². The highest BCUT2D eigenvalue weighted by molar-refractivity contribution is 7.99. The summed E-state index contributed by atoms with van der Waals surface area (Å²) in [6.45, 7) is 12.9. The van der Waals surface area contributed by atoms with Gasteiger partial charge in [0.1, 0.15) is 5.00 Å². The van der Waals surface area contributed by atoms with E-state index in [-0.39, 0.29) is 18.3 Å². The molecule has 3 heterocycles. The van der Waals surface area contributed by atoms with Crippen molar-refractivity contribution < 1.29 is 14.3 Å². The first kappa shape index (κ1) is 24.5. The van der Waals surface area contributed by atoms with E-state index >= 15 is 0 Å². The maximum absolute atomic E-state index is 12.7. The van der Waals surface area contributed by atoms with Gasteiger partial charge in [0.15, 0.2) is 11.0 Å². The number of rotatable bonds is 9. The number of esters is 1. The predicted molar refractivity (Wildman–Crippen MR) is 132 cm³/mol. The predicted octanol–water partition coefficient (Wildman–Crippen LogP) is 5.74. The summed E-state index contributed by atoms with van der Waals surface area (Å²) in [5.41, 5.74) is 2.32. The molecule has 1 amide bonds. The van der Waals surface area contributed by atoms with E-state index in [2.05, 4.69) is 40.8 Å². The molecule has 0 saturated carbocycles. The van der Waals surface area contributed by atoms with Crippen LogP contribution in [-0.2, 0) is 16.1 Å². The minimum Gasteiger partial charge on any atom is -0.462 e. The molecule has 0 aliphatic carbocycles. The van der Waals surface area contributed by atoms with Crippen molar-refractivity contribution in [2.45, 2.75) is 59.2 Å². The molecule has 32 heavy (non-hydrogen) atoms. The van der Waals surface area contributed by atoms with Crippen LogP contribution in [0, 0.1) is 13.8 Å². The van der Waals surface area contributed by atoms with Gasteiger partial charge in [0.05, 0.1) is 17.9 Å². The SMILES string of the molecule is CCOC(=O)c1c(NC(=O)CSc2nnc(-c3csc(C(C)C)c3)n2CC)sc(C)c1C. The molecule has 0 bridgehead atoms. The Balaban J connectivity index is 1.71. The summed E-state index contributed by atoms with van der Waals surface area (Å²) in [6, 6.07) is 2.16. The van der Waals surface area contributed by atoms with E-state index in [0.29, 0.717) is 28.2 Å². The maximum Gasteiger partial charge on any atom is 0.341 e. The van der Waals surface area contributed by atoms with Gasteiger partial charge in [0, 0.05) is 27.2 Å². The average molecular weight is 493 g/mol. The molecule has 1 N–H and O–H groups in total. The summed E-state index contributed by atoms with van der Waals surface area (Å²) in [5, 5.41) is 14.9. The van der Waals surface area contributed by atoms with Crippen LogP contribution in [0.1, 0.15) is 59.3 Å². The largest absolute Gasteiger partial charge is 0.462 e. The third-order valence-corrected chi connectivity index (χ3v) is 8.25. The average Bonchev–Trinajstić information content (AvgIpc) is 3.44. The fourth-order valence-electron chi connectivity index (χ4n) is 3.12. The third-order valence-electron chi connectivity index (χ3n) is 4.93. The molecule has 0 fully saturated rings. The number of thiophene rings is 2. The van der Waals surface area contributed by atoms with Gasteiger partial charge in [-0.25, -0.2) is 4.79 Å². The number of aryl methyl sites for hydroxylation is 1. The zero-order valence-electron chi connectivity index (χ0n) is 19.1. The highest BCUT2D eigenvalue weighted by atomic mass is 32.2. The number of carbonyl (C=O) groups is 2.